The summed E-state index contributed by atoms with van der Waals surface area (Å²) in [5.74, 6) is 1.45. The number of carbonyl (C=O) groups is 1. The van der Waals surface area contributed by atoms with Crippen molar-refractivity contribution < 1.29 is 9.21 Å². The first-order valence-corrected chi connectivity index (χ1v) is 7.88. The number of furan rings is 1. The summed E-state index contributed by atoms with van der Waals surface area (Å²) in [5, 5.41) is 2.90. The van der Waals surface area contributed by atoms with Gasteiger partial charge in [-0.15, -0.1) is 0 Å². The van der Waals surface area contributed by atoms with Crippen LogP contribution in [0.1, 0.15) is 25.5 Å². The van der Waals surface area contributed by atoms with E-state index in [2.05, 4.69) is 29.3 Å². The van der Waals surface area contributed by atoms with Gasteiger partial charge in [0.2, 0.25) is 5.91 Å². The van der Waals surface area contributed by atoms with E-state index in [0.29, 0.717) is 5.76 Å². The number of rotatable bonds is 4. The van der Waals surface area contributed by atoms with Crippen molar-refractivity contribution in [3.05, 3.63) is 48.4 Å². The van der Waals surface area contributed by atoms with Crippen LogP contribution in [0.2, 0.25) is 0 Å². The first kappa shape index (κ1) is 14.7. The molecule has 1 aromatic heterocycles. The number of hydrogen-bond donors (Lipinski definition) is 1. The molecule has 116 valence electrons. The second kappa shape index (κ2) is 6.69. The van der Waals surface area contributed by atoms with E-state index in [9.17, 15) is 4.79 Å². The smallest absolute Gasteiger partial charge is 0.231 e. The molecule has 0 unspecified atom stereocenters. The van der Waals surface area contributed by atoms with Gasteiger partial charge in [0.25, 0.3) is 0 Å². The summed E-state index contributed by atoms with van der Waals surface area (Å²) in [6.07, 6.45) is 4.35. The Kier molecular flexibility index (Phi) is 4.47. The van der Waals surface area contributed by atoms with Crippen LogP contribution < -0.4 is 10.2 Å². The lowest BCUT2D eigenvalue weighted by molar-refractivity contribution is -0.115. The summed E-state index contributed by atoms with van der Waals surface area (Å²) in [6.45, 7) is 4.55. The summed E-state index contributed by atoms with van der Waals surface area (Å²) in [6, 6.07) is 11.7. The largest absolute Gasteiger partial charge is 0.469 e. The molecule has 1 fully saturated rings. The maximum atomic E-state index is 11.9. The minimum atomic E-state index is -0.0607. The van der Waals surface area contributed by atoms with Gasteiger partial charge in [0.05, 0.1) is 12.7 Å². The van der Waals surface area contributed by atoms with Crippen LogP contribution in [0.5, 0.6) is 0 Å². The van der Waals surface area contributed by atoms with Gasteiger partial charge in [-0.25, -0.2) is 0 Å². The predicted octanol–water partition coefficient (Wildman–Crippen LogP) is 3.70. The molecule has 0 atom stereocenters. The highest BCUT2D eigenvalue weighted by Crippen LogP contribution is 2.24. The zero-order valence-corrected chi connectivity index (χ0v) is 12.9. The third-order valence-corrected chi connectivity index (χ3v) is 4.21. The molecule has 1 saturated heterocycles. The molecule has 1 N–H and O–H groups in total. The molecule has 1 aromatic carbocycles. The fraction of sp³-hybridized carbons (Fsp3) is 0.389. The number of benzene rings is 1. The first-order valence-electron chi connectivity index (χ1n) is 7.88. The molecular weight excluding hydrogens is 276 g/mol. The number of piperidine rings is 1. The van der Waals surface area contributed by atoms with Crippen molar-refractivity contribution in [1.82, 2.24) is 0 Å². The number of nitrogens with zero attached hydrogens (tertiary/aromatic N) is 1. The summed E-state index contributed by atoms with van der Waals surface area (Å²) in [7, 11) is 0. The van der Waals surface area contributed by atoms with Gasteiger partial charge < -0.3 is 14.6 Å². The predicted molar refractivity (Wildman–Crippen MR) is 88.1 cm³/mol. The summed E-state index contributed by atoms with van der Waals surface area (Å²) in [5.41, 5.74) is 2.06. The van der Waals surface area contributed by atoms with E-state index in [1.807, 2.05) is 12.1 Å². The van der Waals surface area contributed by atoms with Gasteiger partial charge in [0.1, 0.15) is 5.76 Å². The summed E-state index contributed by atoms with van der Waals surface area (Å²) < 4.78 is 5.18. The van der Waals surface area contributed by atoms with Crippen LogP contribution in [-0.2, 0) is 11.2 Å². The molecule has 1 aliphatic heterocycles. The van der Waals surface area contributed by atoms with E-state index in [4.69, 9.17) is 4.42 Å². The van der Waals surface area contributed by atoms with E-state index >= 15 is 0 Å². The van der Waals surface area contributed by atoms with Crippen molar-refractivity contribution in [3.63, 3.8) is 0 Å². The Hall–Kier alpha value is -2.23. The maximum absolute atomic E-state index is 11.9. The van der Waals surface area contributed by atoms with Gasteiger partial charge in [-0.2, -0.15) is 0 Å². The molecule has 1 aliphatic rings. The highest BCUT2D eigenvalue weighted by molar-refractivity contribution is 5.92. The molecule has 4 heteroatoms. The van der Waals surface area contributed by atoms with Crippen LogP contribution in [0.3, 0.4) is 0 Å². The Bertz CT molecular complexity index is 597. The van der Waals surface area contributed by atoms with E-state index in [1.54, 1.807) is 18.4 Å². The number of anilines is 2. The Balaban J connectivity index is 1.56. The molecule has 1 amide bonds. The van der Waals surface area contributed by atoms with Crippen LogP contribution in [0.25, 0.3) is 0 Å². The lowest BCUT2D eigenvalue weighted by Gasteiger charge is -2.32. The fourth-order valence-electron chi connectivity index (χ4n) is 2.80. The normalized spacial score (nSPS) is 15.8. The average Bonchev–Trinajstić information content (AvgIpc) is 3.02. The molecule has 2 heterocycles. The third kappa shape index (κ3) is 3.70. The number of nitrogens with one attached hydrogen (secondary N) is 1. The number of carbonyl (C=O) groups excluding carboxylic acids is 1. The van der Waals surface area contributed by atoms with Gasteiger partial charge in [-0.05, 0) is 55.2 Å². The molecule has 2 aromatic rings. The quantitative estimate of drug-likeness (QED) is 0.936. The minimum Gasteiger partial charge on any atom is -0.469 e. The second-order valence-electron chi connectivity index (χ2n) is 6.02. The van der Waals surface area contributed by atoms with Crippen molar-refractivity contribution in [3.8, 4) is 0 Å². The van der Waals surface area contributed by atoms with Gasteiger partial charge in [-0.1, -0.05) is 6.92 Å². The van der Waals surface area contributed by atoms with Crippen LogP contribution >= 0.6 is 0 Å². The fourth-order valence-corrected chi connectivity index (χ4v) is 2.80. The van der Waals surface area contributed by atoms with E-state index in [-0.39, 0.29) is 12.3 Å². The Morgan fingerprint density at radius 1 is 1.23 bits per heavy atom. The Labute approximate surface area is 131 Å². The van der Waals surface area contributed by atoms with Crippen molar-refractivity contribution in [2.24, 2.45) is 5.92 Å². The zero-order valence-electron chi connectivity index (χ0n) is 12.9. The monoisotopic (exact) mass is 298 g/mol. The SMILES string of the molecule is CC1CCN(c2ccc(NC(=O)Cc3ccco3)cc2)CC1. The second-order valence-corrected chi connectivity index (χ2v) is 6.02. The highest BCUT2D eigenvalue weighted by Gasteiger charge is 2.16. The molecular formula is C18H22N2O2. The summed E-state index contributed by atoms with van der Waals surface area (Å²) in [4.78, 5) is 14.3. The molecule has 3 rings (SSSR count). The summed E-state index contributed by atoms with van der Waals surface area (Å²) >= 11 is 0. The topological polar surface area (TPSA) is 45.5 Å². The van der Waals surface area contributed by atoms with Gasteiger partial charge in [-0.3, -0.25) is 4.79 Å². The molecule has 0 saturated carbocycles. The van der Waals surface area contributed by atoms with Gasteiger partial charge >= 0.3 is 0 Å². The lowest BCUT2D eigenvalue weighted by atomic mass is 9.99. The first-order chi connectivity index (χ1) is 10.7. The number of hydrogen-bond acceptors (Lipinski definition) is 3. The number of amides is 1. The molecule has 22 heavy (non-hydrogen) atoms. The van der Waals surface area contributed by atoms with Crippen LogP contribution in [0, 0.1) is 5.92 Å². The Morgan fingerprint density at radius 3 is 2.59 bits per heavy atom. The molecule has 0 radical (unpaired) electrons. The van der Waals surface area contributed by atoms with Crippen molar-refractivity contribution >= 4 is 17.3 Å². The third-order valence-electron chi connectivity index (χ3n) is 4.21. The molecule has 0 bridgehead atoms. The molecule has 0 spiro atoms. The molecule has 0 aliphatic carbocycles. The van der Waals surface area contributed by atoms with Gasteiger partial charge in [0.15, 0.2) is 0 Å². The standard InChI is InChI=1S/C18H22N2O2/c1-14-8-10-20(11-9-14)16-6-4-15(5-7-16)19-18(21)13-17-3-2-12-22-17/h2-7,12,14H,8-11,13H2,1H3,(H,19,21). The Morgan fingerprint density at radius 2 is 1.95 bits per heavy atom. The zero-order chi connectivity index (χ0) is 15.4. The minimum absolute atomic E-state index is 0.0607. The van der Waals surface area contributed by atoms with Crippen LogP contribution in [0.15, 0.2) is 47.1 Å². The van der Waals surface area contributed by atoms with Crippen molar-refractivity contribution in [2.45, 2.75) is 26.2 Å². The van der Waals surface area contributed by atoms with Crippen LogP contribution in [0.4, 0.5) is 11.4 Å². The van der Waals surface area contributed by atoms with Gasteiger partial charge in [0, 0.05) is 24.5 Å². The van der Waals surface area contributed by atoms with Crippen molar-refractivity contribution in [2.75, 3.05) is 23.3 Å². The molecule has 4 nitrogen and oxygen atoms in total. The van der Waals surface area contributed by atoms with E-state index in [1.165, 1.54) is 18.5 Å². The average molecular weight is 298 g/mol. The van der Waals surface area contributed by atoms with E-state index in [0.717, 1.165) is 24.7 Å². The lowest BCUT2D eigenvalue weighted by Crippen LogP contribution is -2.32. The van der Waals surface area contributed by atoms with Crippen LogP contribution in [-0.4, -0.2) is 19.0 Å². The van der Waals surface area contributed by atoms with E-state index < -0.39 is 0 Å². The van der Waals surface area contributed by atoms with Crippen molar-refractivity contribution in [1.29, 1.82) is 0 Å². The maximum Gasteiger partial charge on any atom is 0.231 e. The highest BCUT2D eigenvalue weighted by atomic mass is 16.3.